The van der Waals surface area contributed by atoms with Crippen molar-refractivity contribution in [2.75, 3.05) is 38.7 Å². The van der Waals surface area contributed by atoms with Crippen molar-refractivity contribution in [1.29, 1.82) is 0 Å². The number of fused-ring (bicyclic) bond motifs is 3. The number of anilines is 1. The van der Waals surface area contributed by atoms with E-state index in [1.165, 1.54) is 10.4 Å². The quantitative estimate of drug-likeness (QED) is 0.254. The predicted octanol–water partition coefficient (Wildman–Crippen LogP) is 5.65. The fourth-order valence-electron chi connectivity index (χ4n) is 5.82. The molecular formula is C31H29F3N4O5S. The highest BCUT2D eigenvalue weighted by Crippen LogP contribution is 2.65. The van der Waals surface area contributed by atoms with Crippen LogP contribution in [0.1, 0.15) is 39.6 Å². The van der Waals surface area contributed by atoms with E-state index in [1.54, 1.807) is 18.4 Å². The molecule has 7 rings (SSSR count). The van der Waals surface area contributed by atoms with E-state index >= 15 is 0 Å². The fourth-order valence-corrected chi connectivity index (χ4v) is 6.72. The summed E-state index contributed by atoms with van der Waals surface area (Å²) in [7, 11) is 1.66. The van der Waals surface area contributed by atoms with Gasteiger partial charge in [-0.15, -0.1) is 11.3 Å². The van der Waals surface area contributed by atoms with E-state index in [9.17, 15) is 18.0 Å². The molecule has 1 amide bonds. The first kappa shape index (κ1) is 29.9. The lowest BCUT2D eigenvalue weighted by Crippen LogP contribution is -2.35. The number of hydrogen-bond donors (Lipinski definition) is 3. The van der Waals surface area contributed by atoms with Crippen molar-refractivity contribution in [3.05, 3.63) is 75.1 Å². The van der Waals surface area contributed by atoms with Gasteiger partial charge in [0.2, 0.25) is 5.91 Å². The minimum absolute atomic E-state index is 0.0813. The number of ether oxygens (including phenoxy) is 2. The van der Waals surface area contributed by atoms with Gasteiger partial charge in [0.05, 0.1) is 36.9 Å². The molecule has 3 aliphatic rings. The summed E-state index contributed by atoms with van der Waals surface area (Å²) < 4.78 is 42.6. The van der Waals surface area contributed by atoms with Gasteiger partial charge in [-0.3, -0.25) is 14.8 Å². The second-order valence-corrected chi connectivity index (χ2v) is 11.9. The van der Waals surface area contributed by atoms with E-state index in [0.29, 0.717) is 0 Å². The topological polar surface area (TPSA) is 117 Å². The van der Waals surface area contributed by atoms with Gasteiger partial charge in [0, 0.05) is 41.5 Å². The summed E-state index contributed by atoms with van der Waals surface area (Å²) in [4.78, 5) is 25.7. The highest BCUT2D eigenvalue weighted by atomic mass is 32.1. The number of nitrogens with one attached hydrogen (secondary N) is 2. The highest BCUT2D eigenvalue weighted by molar-refractivity contribution is 7.10. The van der Waals surface area contributed by atoms with E-state index in [1.807, 2.05) is 18.2 Å². The molecule has 2 aliphatic heterocycles. The predicted molar refractivity (Wildman–Crippen MR) is 160 cm³/mol. The van der Waals surface area contributed by atoms with Crippen molar-refractivity contribution < 1.29 is 37.3 Å². The normalized spacial score (nSPS) is 21.3. The summed E-state index contributed by atoms with van der Waals surface area (Å²) in [5.74, 6) is -1.76. The number of aliphatic carboxylic acids is 1. The number of rotatable bonds is 6. The first-order chi connectivity index (χ1) is 21.1. The SMILES string of the molecule is COc1ccc2c(c1)[C@]1(C[C@H]1c1ccc3c(C=Cc4csc(CN5CCOCC5)c4)n[nH]c3c1)C(=O)N2.O=C(O)C(F)(F)F. The van der Waals surface area contributed by atoms with E-state index in [0.717, 1.165) is 78.4 Å². The van der Waals surface area contributed by atoms with Crippen molar-refractivity contribution in [2.45, 2.75) is 30.5 Å². The highest BCUT2D eigenvalue weighted by Gasteiger charge is 2.65. The summed E-state index contributed by atoms with van der Waals surface area (Å²) in [6.07, 6.45) is -0.0765. The van der Waals surface area contributed by atoms with Gasteiger partial charge in [0.25, 0.3) is 0 Å². The van der Waals surface area contributed by atoms with Crippen LogP contribution in [-0.2, 0) is 26.3 Å². The van der Waals surface area contributed by atoms with Crippen LogP contribution in [0.2, 0.25) is 0 Å². The molecule has 1 spiro atoms. The molecule has 3 N–H and O–H groups in total. The molecule has 1 aliphatic carbocycles. The standard InChI is InChI=1S/C29H28N4O3S.C2HF3O2/c1-35-20-4-7-26-23(14-20)29(28(34)30-26)15-24(29)19-3-5-22-25(31-32-27(22)13-19)6-2-18-12-21(37-17-18)16-33-8-10-36-11-9-33;3-2(4,5)1(6)7/h2-7,12-14,17,24H,8-11,15-16H2,1H3,(H,30,34)(H,31,32);(H,6,7)/t24-,29-;/m0./s1. The summed E-state index contributed by atoms with van der Waals surface area (Å²) in [5, 5.41) is 21.2. The molecule has 0 bridgehead atoms. The monoisotopic (exact) mass is 626 g/mol. The summed E-state index contributed by atoms with van der Waals surface area (Å²) in [6.45, 7) is 4.62. The number of carbonyl (C=O) groups excluding carboxylic acids is 1. The number of methoxy groups -OCH3 is 1. The summed E-state index contributed by atoms with van der Waals surface area (Å²) in [6, 6.07) is 14.5. The second-order valence-electron chi connectivity index (χ2n) is 10.9. The van der Waals surface area contributed by atoms with Crippen LogP contribution >= 0.6 is 11.3 Å². The smallest absolute Gasteiger partial charge is 0.490 e. The van der Waals surface area contributed by atoms with Crippen LogP contribution in [0.15, 0.2) is 47.8 Å². The zero-order chi connectivity index (χ0) is 31.1. The lowest BCUT2D eigenvalue weighted by atomic mass is 9.91. The number of amides is 1. The molecule has 2 aromatic carbocycles. The molecule has 1 saturated carbocycles. The van der Waals surface area contributed by atoms with Crippen molar-refractivity contribution in [3.8, 4) is 5.75 Å². The van der Waals surface area contributed by atoms with Crippen LogP contribution in [-0.4, -0.2) is 71.7 Å². The van der Waals surface area contributed by atoms with Crippen LogP contribution in [0.3, 0.4) is 0 Å². The Kier molecular flexibility index (Phi) is 7.95. The van der Waals surface area contributed by atoms with Crippen LogP contribution in [0, 0.1) is 0 Å². The molecule has 2 atom stereocenters. The first-order valence-corrected chi connectivity index (χ1v) is 14.8. The number of carbonyl (C=O) groups is 2. The number of hydrogen-bond acceptors (Lipinski definition) is 7. The van der Waals surface area contributed by atoms with E-state index < -0.39 is 17.6 Å². The Bertz CT molecular complexity index is 1740. The maximum absolute atomic E-state index is 13.0. The van der Waals surface area contributed by atoms with Crippen LogP contribution in [0.25, 0.3) is 23.1 Å². The molecule has 230 valence electrons. The molecule has 2 fully saturated rings. The molecule has 9 nitrogen and oxygen atoms in total. The zero-order valence-electron chi connectivity index (χ0n) is 23.6. The maximum atomic E-state index is 13.0. The maximum Gasteiger partial charge on any atom is 0.490 e. The molecule has 0 radical (unpaired) electrons. The molecule has 4 aromatic rings. The lowest BCUT2D eigenvalue weighted by Gasteiger charge is -2.25. The van der Waals surface area contributed by atoms with Crippen molar-refractivity contribution in [1.82, 2.24) is 15.1 Å². The Hall–Kier alpha value is -4.20. The third-order valence-electron chi connectivity index (χ3n) is 8.17. The van der Waals surface area contributed by atoms with Gasteiger partial charge >= 0.3 is 12.1 Å². The number of nitrogens with zero attached hydrogens (tertiary/aromatic N) is 2. The van der Waals surface area contributed by atoms with E-state index in [-0.39, 0.29) is 11.8 Å². The van der Waals surface area contributed by atoms with Gasteiger partial charge < -0.3 is 19.9 Å². The number of H-pyrrole nitrogens is 1. The Labute approximate surface area is 254 Å². The molecule has 4 heterocycles. The number of aromatic nitrogens is 2. The average molecular weight is 627 g/mol. The molecule has 0 unspecified atom stereocenters. The van der Waals surface area contributed by atoms with E-state index in [4.69, 9.17) is 19.4 Å². The van der Waals surface area contributed by atoms with Gasteiger partial charge in [0.15, 0.2) is 0 Å². The number of morpholine rings is 1. The molecular weight excluding hydrogens is 597 g/mol. The minimum atomic E-state index is -5.08. The van der Waals surface area contributed by atoms with Gasteiger partial charge in [-0.25, -0.2) is 4.79 Å². The number of thiophene rings is 1. The summed E-state index contributed by atoms with van der Waals surface area (Å²) >= 11 is 1.80. The van der Waals surface area contributed by atoms with Gasteiger partial charge in [-0.2, -0.15) is 18.3 Å². The lowest BCUT2D eigenvalue weighted by molar-refractivity contribution is -0.192. The largest absolute Gasteiger partial charge is 0.497 e. The Morgan fingerprint density at radius 1 is 1.20 bits per heavy atom. The van der Waals surface area contributed by atoms with E-state index in [2.05, 4.69) is 62.2 Å². The Morgan fingerprint density at radius 3 is 2.70 bits per heavy atom. The minimum Gasteiger partial charge on any atom is -0.497 e. The third kappa shape index (κ3) is 5.82. The van der Waals surface area contributed by atoms with Crippen LogP contribution in [0.5, 0.6) is 5.75 Å². The number of carboxylic acids is 1. The summed E-state index contributed by atoms with van der Waals surface area (Å²) in [5.41, 5.74) is 5.69. The van der Waals surface area contributed by atoms with Crippen LogP contribution in [0.4, 0.5) is 18.9 Å². The van der Waals surface area contributed by atoms with Crippen molar-refractivity contribution >= 4 is 52.0 Å². The van der Waals surface area contributed by atoms with Gasteiger partial charge in [0.1, 0.15) is 5.75 Å². The second kappa shape index (κ2) is 11.7. The zero-order valence-corrected chi connectivity index (χ0v) is 24.4. The molecule has 2 aromatic heterocycles. The Morgan fingerprint density at radius 2 is 1.98 bits per heavy atom. The number of aromatic amines is 1. The number of halogens is 3. The first-order valence-electron chi connectivity index (χ1n) is 13.9. The number of alkyl halides is 3. The average Bonchev–Trinajstić information content (AvgIpc) is 3.23. The molecule has 44 heavy (non-hydrogen) atoms. The molecule has 13 heteroatoms. The van der Waals surface area contributed by atoms with Crippen molar-refractivity contribution in [3.63, 3.8) is 0 Å². The fraction of sp³-hybridized carbons (Fsp3) is 0.323. The van der Waals surface area contributed by atoms with Crippen LogP contribution < -0.4 is 10.1 Å². The third-order valence-corrected chi connectivity index (χ3v) is 9.11. The number of benzene rings is 2. The Balaban J connectivity index is 0.000000441. The van der Waals surface area contributed by atoms with Gasteiger partial charge in [-0.05, 0) is 64.9 Å². The molecule has 1 saturated heterocycles. The number of carboxylic acid groups (broad SMARTS) is 1. The van der Waals surface area contributed by atoms with Crippen molar-refractivity contribution in [2.24, 2.45) is 0 Å². The van der Waals surface area contributed by atoms with Gasteiger partial charge in [-0.1, -0.05) is 18.2 Å².